The van der Waals surface area contributed by atoms with Gasteiger partial charge in [-0.25, -0.2) is 4.79 Å². The van der Waals surface area contributed by atoms with Crippen molar-refractivity contribution in [2.24, 2.45) is 11.8 Å². The van der Waals surface area contributed by atoms with Crippen molar-refractivity contribution < 1.29 is 9.90 Å². The molecule has 1 aliphatic rings. The van der Waals surface area contributed by atoms with E-state index in [0.717, 1.165) is 25.9 Å². The molecular weight excluding hydrogens is 276 g/mol. The molecule has 1 fully saturated rings. The molecule has 22 heavy (non-hydrogen) atoms. The van der Waals surface area contributed by atoms with Gasteiger partial charge >= 0.3 is 6.03 Å². The van der Waals surface area contributed by atoms with Gasteiger partial charge in [-0.2, -0.15) is 0 Å². The lowest BCUT2D eigenvalue weighted by molar-refractivity contribution is 0.143. The molecule has 0 radical (unpaired) electrons. The van der Waals surface area contributed by atoms with E-state index in [1.165, 1.54) is 12.0 Å². The Morgan fingerprint density at radius 2 is 1.86 bits per heavy atom. The predicted molar refractivity (Wildman–Crippen MR) is 88.9 cm³/mol. The van der Waals surface area contributed by atoms with Crippen molar-refractivity contribution in [1.82, 2.24) is 10.2 Å². The summed E-state index contributed by atoms with van der Waals surface area (Å²) in [4.78, 5) is 14.3. The van der Waals surface area contributed by atoms with Crippen LogP contribution in [0.2, 0.25) is 0 Å². The first kappa shape index (κ1) is 16.7. The van der Waals surface area contributed by atoms with Crippen LogP contribution in [-0.2, 0) is 6.42 Å². The molecule has 122 valence electrons. The van der Waals surface area contributed by atoms with E-state index in [1.807, 2.05) is 17.0 Å². The minimum Gasteiger partial charge on any atom is -0.508 e. The van der Waals surface area contributed by atoms with Crippen LogP contribution in [0.15, 0.2) is 24.3 Å². The van der Waals surface area contributed by atoms with Gasteiger partial charge in [0.25, 0.3) is 0 Å². The number of aryl methyl sites for hydroxylation is 1. The summed E-state index contributed by atoms with van der Waals surface area (Å²) in [5, 5.41) is 12.4. The normalized spacial score (nSPS) is 23.1. The van der Waals surface area contributed by atoms with Crippen LogP contribution >= 0.6 is 0 Å². The third kappa shape index (κ3) is 4.93. The summed E-state index contributed by atoms with van der Waals surface area (Å²) in [6, 6.07) is 7.48. The van der Waals surface area contributed by atoms with Crippen LogP contribution in [0.5, 0.6) is 5.75 Å². The number of carbonyl (C=O) groups is 1. The minimum absolute atomic E-state index is 0.0663. The van der Waals surface area contributed by atoms with Crippen molar-refractivity contribution in [3.8, 4) is 5.75 Å². The number of urea groups is 1. The Morgan fingerprint density at radius 1 is 1.27 bits per heavy atom. The number of hydrogen-bond donors (Lipinski definition) is 2. The Kier molecular flexibility index (Phi) is 5.69. The third-order valence-corrected chi connectivity index (χ3v) is 4.33. The number of amides is 2. The molecule has 3 unspecified atom stereocenters. The third-order valence-electron chi connectivity index (χ3n) is 4.33. The molecule has 0 saturated carbocycles. The summed E-state index contributed by atoms with van der Waals surface area (Å²) in [6.45, 7) is 8.20. The number of nitrogens with one attached hydrogen (secondary N) is 1. The van der Waals surface area contributed by atoms with Gasteiger partial charge < -0.3 is 15.3 Å². The predicted octanol–water partition coefficient (Wildman–Crippen LogP) is 3.40. The van der Waals surface area contributed by atoms with Crippen molar-refractivity contribution >= 4 is 6.03 Å². The SMILES string of the molecule is CC1CC(C)CN(C(=O)NC(C)CCc2ccc(O)cc2)C1. The van der Waals surface area contributed by atoms with Crippen molar-refractivity contribution in [2.45, 2.75) is 46.1 Å². The highest BCUT2D eigenvalue weighted by atomic mass is 16.3. The quantitative estimate of drug-likeness (QED) is 0.895. The lowest BCUT2D eigenvalue weighted by Crippen LogP contribution is -2.49. The fraction of sp³-hybridized carbons (Fsp3) is 0.611. The van der Waals surface area contributed by atoms with E-state index in [9.17, 15) is 9.90 Å². The Morgan fingerprint density at radius 3 is 2.45 bits per heavy atom. The van der Waals surface area contributed by atoms with Gasteiger partial charge in [0.2, 0.25) is 0 Å². The molecule has 1 saturated heterocycles. The van der Waals surface area contributed by atoms with Crippen LogP contribution in [0, 0.1) is 11.8 Å². The molecule has 0 spiro atoms. The number of phenols is 1. The van der Waals surface area contributed by atoms with Gasteiger partial charge in [-0.05, 0) is 55.7 Å². The number of benzene rings is 1. The summed E-state index contributed by atoms with van der Waals surface area (Å²) in [7, 11) is 0. The fourth-order valence-corrected chi connectivity index (χ4v) is 3.25. The summed E-state index contributed by atoms with van der Waals surface area (Å²) in [5.74, 6) is 1.46. The van der Waals surface area contributed by atoms with Crippen molar-refractivity contribution in [3.05, 3.63) is 29.8 Å². The second kappa shape index (κ2) is 7.52. The number of likely N-dealkylation sites (tertiary alicyclic amines) is 1. The number of carbonyl (C=O) groups excluding carboxylic acids is 1. The first-order valence-electron chi connectivity index (χ1n) is 8.27. The fourth-order valence-electron chi connectivity index (χ4n) is 3.25. The number of rotatable bonds is 4. The van der Waals surface area contributed by atoms with Crippen LogP contribution in [0.4, 0.5) is 4.79 Å². The highest BCUT2D eigenvalue weighted by Gasteiger charge is 2.25. The Labute approximate surface area is 133 Å². The molecule has 4 heteroatoms. The monoisotopic (exact) mass is 304 g/mol. The molecule has 2 N–H and O–H groups in total. The van der Waals surface area contributed by atoms with Gasteiger partial charge in [-0.1, -0.05) is 26.0 Å². The molecule has 2 rings (SSSR count). The van der Waals surface area contributed by atoms with Crippen molar-refractivity contribution in [2.75, 3.05) is 13.1 Å². The Hall–Kier alpha value is -1.71. The molecule has 0 bridgehead atoms. The standard InChI is InChI=1S/C18H28N2O2/c1-13-10-14(2)12-20(11-13)18(22)19-15(3)4-5-16-6-8-17(21)9-7-16/h6-9,13-15,21H,4-5,10-12H2,1-3H3,(H,19,22). The Bertz CT molecular complexity index is 476. The number of nitrogens with zero attached hydrogens (tertiary/aromatic N) is 1. The first-order valence-corrected chi connectivity index (χ1v) is 8.27. The van der Waals surface area contributed by atoms with Gasteiger partial charge in [0, 0.05) is 19.1 Å². The zero-order valence-electron chi connectivity index (χ0n) is 13.9. The Balaban J connectivity index is 1.77. The zero-order valence-corrected chi connectivity index (χ0v) is 13.9. The zero-order chi connectivity index (χ0) is 16.1. The molecular formula is C18H28N2O2. The highest BCUT2D eigenvalue weighted by molar-refractivity contribution is 5.74. The van der Waals surface area contributed by atoms with E-state index in [1.54, 1.807) is 12.1 Å². The highest BCUT2D eigenvalue weighted by Crippen LogP contribution is 2.21. The smallest absolute Gasteiger partial charge is 0.317 e. The van der Waals surface area contributed by atoms with Gasteiger partial charge in [0.05, 0.1) is 0 Å². The van der Waals surface area contributed by atoms with E-state index in [-0.39, 0.29) is 12.1 Å². The maximum Gasteiger partial charge on any atom is 0.317 e. The topological polar surface area (TPSA) is 52.6 Å². The second-order valence-corrected chi connectivity index (χ2v) is 6.91. The van der Waals surface area contributed by atoms with E-state index in [2.05, 4.69) is 26.1 Å². The van der Waals surface area contributed by atoms with Crippen LogP contribution in [-0.4, -0.2) is 35.2 Å². The van der Waals surface area contributed by atoms with Crippen LogP contribution < -0.4 is 5.32 Å². The summed E-state index contributed by atoms with van der Waals surface area (Å²) in [6.07, 6.45) is 3.00. The molecule has 0 aliphatic carbocycles. The molecule has 1 heterocycles. The number of piperidine rings is 1. The lowest BCUT2D eigenvalue weighted by Gasteiger charge is -2.35. The van der Waals surface area contributed by atoms with E-state index < -0.39 is 0 Å². The molecule has 3 atom stereocenters. The maximum atomic E-state index is 12.3. The maximum absolute atomic E-state index is 12.3. The second-order valence-electron chi connectivity index (χ2n) is 6.91. The number of hydrogen-bond acceptors (Lipinski definition) is 2. The van der Waals surface area contributed by atoms with Crippen LogP contribution in [0.3, 0.4) is 0 Å². The molecule has 4 nitrogen and oxygen atoms in total. The molecule has 1 aliphatic heterocycles. The molecule has 1 aromatic rings. The van der Waals surface area contributed by atoms with E-state index >= 15 is 0 Å². The minimum atomic E-state index is 0.0663. The average molecular weight is 304 g/mol. The summed E-state index contributed by atoms with van der Waals surface area (Å²) < 4.78 is 0. The summed E-state index contributed by atoms with van der Waals surface area (Å²) >= 11 is 0. The summed E-state index contributed by atoms with van der Waals surface area (Å²) in [5.41, 5.74) is 1.18. The van der Waals surface area contributed by atoms with Gasteiger partial charge in [-0.15, -0.1) is 0 Å². The number of phenolic OH excluding ortho intramolecular Hbond substituents is 1. The largest absolute Gasteiger partial charge is 0.508 e. The van der Waals surface area contributed by atoms with Gasteiger partial charge in [-0.3, -0.25) is 0 Å². The van der Waals surface area contributed by atoms with Gasteiger partial charge in [0.1, 0.15) is 5.75 Å². The van der Waals surface area contributed by atoms with Gasteiger partial charge in [0.15, 0.2) is 0 Å². The molecule has 1 aromatic carbocycles. The van der Waals surface area contributed by atoms with Crippen LogP contribution in [0.1, 0.15) is 39.2 Å². The average Bonchev–Trinajstić information content (AvgIpc) is 2.45. The molecule has 2 amide bonds. The number of aromatic hydroxyl groups is 1. The molecule has 0 aromatic heterocycles. The van der Waals surface area contributed by atoms with Crippen LogP contribution in [0.25, 0.3) is 0 Å². The van der Waals surface area contributed by atoms with E-state index in [4.69, 9.17) is 0 Å². The lowest BCUT2D eigenvalue weighted by atomic mass is 9.92. The van der Waals surface area contributed by atoms with Crippen molar-refractivity contribution in [1.29, 1.82) is 0 Å². The van der Waals surface area contributed by atoms with E-state index in [0.29, 0.717) is 17.6 Å². The first-order chi connectivity index (χ1) is 10.4. The van der Waals surface area contributed by atoms with Crippen molar-refractivity contribution in [3.63, 3.8) is 0 Å².